The summed E-state index contributed by atoms with van der Waals surface area (Å²) in [5.74, 6) is 1.51. The number of carbonyl (C=O) groups is 1. The van der Waals surface area contributed by atoms with Crippen LogP contribution in [-0.4, -0.2) is 32.4 Å². The molecule has 0 atom stereocenters. The van der Waals surface area contributed by atoms with E-state index in [2.05, 4.69) is 26.5 Å². The van der Waals surface area contributed by atoms with Crippen molar-refractivity contribution in [3.8, 4) is 17.2 Å². The summed E-state index contributed by atoms with van der Waals surface area (Å²) in [4.78, 5) is 11.8. The number of ether oxygens (including phenoxy) is 3. The lowest BCUT2D eigenvalue weighted by Gasteiger charge is -2.09. The Hall–Kier alpha value is -2.54. The van der Waals surface area contributed by atoms with Crippen LogP contribution >= 0.6 is 15.9 Å². The molecular weight excluding hydrogens is 400 g/mol. The highest BCUT2D eigenvalue weighted by molar-refractivity contribution is 9.10. The van der Waals surface area contributed by atoms with Crippen LogP contribution in [0.1, 0.15) is 18.1 Å². The molecule has 0 aromatic heterocycles. The van der Waals surface area contributed by atoms with Crippen LogP contribution in [0.3, 0.4) is 0 Å². The van der Waals surface area contributed by atoms with Crippen molar-refractivity contribution >= 4 is 28.1 Å². The summed E-state index contributed by atoms with van der Waals surface area (Å²) in [5.41, 5.74) is 4.30. The van der Waals surface area contributed by atoms with Gasteiger partial charge < -0.3 is 14.2 Å². The molecule has 0 aliphatic carbocycles. The molecule has 0 aliphatic heterocycles. The maximum Gasteiger partial charge on any atom is 0.277 e. The van der Waals surface area contributed by atoms with Crippen LogP contribution in [0.15, 0.2) is 46.0 Å². The van der Waals surface area contributed by atoms with E-state index in [0.29, 0.717) is 23.9 Å². The number of amides is 1. The molecule has 138 valence electrons. The van der Waals surface area contributed by atoms with Crippen LogP contribution in [-0.2, 0) is 4.79 Å². The number of rotatable bonds is 8. The van der Waals surface area contributed by atoms with Gasteiger partial charge in [0.2, 0.25) is 0 Å². The molecule has 0 saturated carbocycles. The Morgan fingerprint density at radius 2 is 1.92 bits per heavy atom. The minimum Gasteiger partial charge on any atom is -0.493 e. The van der Waals surface area contributed by atoms with E-state index in [1.165, 1.54) is 6.21 Å². The fraction of sp³-hybridized carbons (Fsp3) is 0.263. The zero-order valence-corrected chi connectivity index (χ0v) is 16.5. The van der Waals surface area contributed by atoms with E-state index in [4.69, 9.17) is 14.2 Å². The Morgan fingerprint density at radius 1 is 1.15 bits per heavy atom. The van der Waals surface area contributed by atoms with Gasteiger partial charge in [0, 0.05) is 0 Å². The molecule has 1 amide bonds. The van der Waals surface area contributed by atoms with Crippen molar-refractivity contribution < 1.29 is 19.0 Å². The van der Waals surface area contributed by atoms with Gasteiger partial charge in [-0.15, -0.1) is 0 Å². The van der Waals surface area contributed by atoms with Crippen molar-refractivity contribution in [2.45, 2.75) is 13.8 Å². The predicted molar refractivity (Wildman–Crippen MR) is 104 cm³/mol. The number of nitrogens with zero attached hydrogens (tertiary/aromatic N) is 1. The van der Waals surface area contributed by atoms with Crippen LogP contribution in [0, 0.1) is 6.92 Å². The average Bonchev–Trinajstić information content (AvgIpc) is 2.62. The summed E-state index contributed by atoms with van der Waals surface area (Å²) in [6.07, 6.45) is 1.53. The van der Waals surface area contributed by atoms with E-state index in [9.17, 15) is 4.79 Å². The number of hydrazone groups is 1. The second-order valence-corrected chi connectivity index (χ2v) is 6.21. The number of benzene rings is 2. The minimum atomic E-state index is -0.355. The van der Waals surface area contributed by atoms with Crippen molar-refractivity contribution in [2.75, 3.05) is 20.3 Å². The molecule has 2 rings (SSSR count). The number of hydrogen-bond donors (Lipinski definition) is 1. The Labute approximate surface area is 161 Å². The van der Waals surface area contributed by atoms with Crippen LogP contribution in [0.5, 0.6) is 17.2 Å². The van der Waals surface area contributed by atoms with Crippen molar-refractivity contribution in [3.63, 3.8) is 0 Å². The van der Waals surface area contributed by atoms with E-state index < -0.39 is 0 Å². The van der Waals surface area contributed by atoms with Gasteiger partial charge in [-0.1, -0.05) is 6.07 Å². The highest BCUT2D eigenvalue weighted by Gasteiger charge is 2.06. The molecule has 0 aliphatic rings. The van der Waals surface area contributed by atoms with Crippen LogP contribution in [0.25, 0.3) is 0 Å². The molecule has 2 aromatic rings. The fourth-order valence-corrected chi connectivity index (χ4v) is 2.72. The summed E-state index contributed by atoms with van der Waals surface area (Å²) >= 11 is 3.40. The van der Waals surface area contributed by atoms with Crippen LogP contribution in [0.4, 0.5) is 0 Å². The molecule has 6 nitrogen and oxygen atoms in total. The van der Waals surface area contributed by atoms with E-state index in [-0.39, 0.29) is 12.5 Å². The minimum absolute atomic E-state index is 0.133. The number of carbonyl (C=O) groups excluding carboxylic acids is 1. The monoisotopic (exact) mass is 420 g/mol. The van der Waals surface area contributed by atoms with Gasteiger partial charge >= 0.3 is 0 Å². The van der Waals surface area contributed by atoms with Crippen molar-refractivity contribution in [3.05, 3.63) is 52.0 Å². The van der Waals surface area contributed by atoms with Gasteiger partial charge in [-0.05, 0) is 71.2 Å². The number of hydrogen-bond acceptors (Lipinski definition) is 5. The predicted octanol–water partition coefficient (Wildman–Crippen LogP) is 3.69. The third kappa shape index (κ3) is 5.77. The van der Waals surface area contributed by atoms with Gasteiger partial charge in [0.1, 0.15) is 5.75 Å². The number of aryl methyl sites for hydroxylation is 1. The van der Waals surface area contributed by atoms with Gasteiger partial charge in [-0.2, -0.15) is 5.10 Å². The Balaban J connectivity index is 1.88. The molecule has 1 N–H and O–H groups in total. The Morgan fingerprint density at radius 3 is 2.62 bits per heavy atom. The first-order valence-corrected chi connectivity index (χ1v) is 8.84. The van der Waals surface area contributed by atoms with Crippen molar-refractivity contribution in [1.29, 1.82) is 0 Å². The molecule has 0 spiro atoms. The second kappa shape index (κ2) is 9.82. The molecule has 0 bridgehead atoms. The Kier molecular flexibility index (Phi) is 7.47. The number of nitrogens with one attached hydrogen (secondary N) is 1. The highest BCUT2D eigenvalue weighted by Crippen LogP contribution is 2.27. The molecule has 0 fully saturated rings. The van der Waals surface area contributed by atoms with Gasteiger partial charge in [0.05, 0.1) is 24.4 Å². The molecule has 0 radical (unpaired) electrons. The van der Waals surface area contributed by atoms with Gasteiger partial charge in [-0.25, -0.2) is 5.43 Å². The first kappa shape index (κ1) is 19.8. The summed E-state index contributed by atoms with van der Waals surface area (Å²) in [7, 11) is 1.57. The molecule has 2 aromatic carbocycles. The Bertz CT molecular complexity index is 793. The standard InChI is InChI=1S/C19H21BrN2O4/c1-4-25-17-8-6-14(10-18(17)24-3)11-21-22-19(23)12-26-16-7-5-13(2)9-15(16)20/h5-11H,4,12H2,1-3H3,(H,22,23)/b21-11+. The lowest BCUT2D eigenvalue weighted by Crippen LogP contribution is -2.24. The number of methoxy groups -OCH3 is 1. The summed E-state index contributed by atoms with van der Waals surface area (Å²) in [5, 5.41) is 3.93. The smallest absolute Gasteiger partial charge is 0.277 e. The van der Waals surface area contributed by atoms with Crippen LogP contribution < -0.4 is 19.6 Å². The zero-order chi connectivity index (χ0) is 18.9. The lowest BCUT2D eigenvalue weighted by molar-refractivity contribution is -0.123. The average molecular weight is 421 g/mol. The number of halogens is 1. The van der Waals surface area contributed by atoms with Gasteiger partial charge in [0.15, 0.2) is 18.1 Å². The first-order valence-electron chi connectivity index (χ1n) is 8.05. The van der Waals surface area contributed by atoms with E-state index >= 15 is 0 Å². The highest BCUT2D eigenvalue weighted by atomic mass is 79.9. The van der Waals surface area contributed by atoms with E-state index in [1.807, 2.05) is 38.1 Å². The quantitative estimate of drug-likeness (QED) is 0.522. The second-order valence-electron chi connectivity index (χ2n) is 5.36. The molecule has 7 heteroatoms. The normalized spacial score (nSPS) is 10.6. The summed E-state index contributed by atoms with van der Waals surface area (Å²) < 4.78 is 17.0. The van der Waals surface area contributed by atoms with Crippen molar-refractivity contribution in [1.82, 2.24) is 5.43 Å². The maximum absolute atomic E-state index is 11.8. The zero-order valence-electron chi connectivity index (χ0n) is 14.9. The van der Waals surface area contributed by atoms with E-state index in [0.717, 1.165) is 15.6 Å². The molecular formula is C19H21BrN2O4. The largest absolute Gasteiger partial charge is 0.493 e. The van der Waals surface area contributed by atoms with Crippen molar-refractivity contribution in [2.24, 2.45) is 5.10 Å². The molecule has 0 saturated heterocycles. The maximum atomic E-state index is 11.8. The first-order chi connectivity index (χ1) is 12.5. The summed E-state index contributed by atoms with van der Waals surface area (Å²) in [6, 6.07) is 11.0. The van der Waals surface area contributed by atoms with Gasteiger partial charge in [0.25, 0.3) is 5.91 Å². The SMILES string of the molecule is CCOc1ccc(/C=N/NC(=O)COc2ccc(C)cc2Br)cc1OC. The summed E-state index contributed by atoms with van der Waals surface area (Å²) in [6.45, 7) is 4.30. The molecule has 0 heterocycles. The van der Waals surface area contributed by atoms with Gasteiger partial charge in [-0.3, -0.25) is 4.79 Å². The van der Waals surface area contributed by atoms with E-state index in [1.54, 1.807) is 19.2 Å². The third-order valence-corrected chi connectivity index (χ3v) is 3.96. The fourth-order valence-electron chi connectivity index (χ4n) is 2.12. The topological polar surface area (TPSA) is 69.2 Å². The molecule has 0 unspecified atom stereocenters. The molecule has 26 heavy (non-hydrogen) atoms. The lowest BCUT2D eigenvalue weighted by atomic mass is 10.2. The third-order valence-electron chi connectivity index (χ3n) is 3.34. The van der Waals surface area contributed by atoms with Crippen LogP contribution in [0.2, 0.25) is 0 Å².